The summed E-state index contributed by atoms with van der Waals surface area (Å²) in [6.07, 6.45) is 3.75. The van der Waals surface area contributed by atoms with Gasteiger partial charge in [0, 0.05) is 52.7 Å². The molecular weight excluding hydrogens is 486 g/mol. The standard InChI is InChI=1S/C30H36ClN3O3/c1-28(2)26(29(3,4)27(28)37-23-10-7-20(16-32)24(31)15-23)33-25(36)19-5-8-21(9-6-19)34-17-30(18-34)13-11-22(35)12-14-30/h5-10,15,22,26-27,35H,11-14,17-18H2,1-4H3,(H,33,36). The lowest BCUT2D eigenvalue weighted by atomic mass is 9.49. The number of amides is 1. The van der Waals surface area contributed by atoms with E-state index < -0.39 is 0 Å². The first-order valence-corrected chi connectivity index (χ1v) is 13.5. The minimum Gasteiger partial charge on any atom is -0.489 e. The molecule has 2 aromatic rings. The number of nitrogens with zero attached hydrogens (tertiary/aromatic N) is 2. The summed E-state index contributed by atoms with van der Waals surface area (Å²) in [5.41, 5.74) is 1.96. The Balaban J connectivity index is 1.20. The SMILES string of the molecule is CC1(C)C(NC(=O)c2ccc(N3CC4(CCC(O)CC4)C3)cc2)C(C)(C)C1Oc1ccc(C#N)c(Cl)c1. The quantitative estimate of drug-likeness (QED) is 0.537. The van der Waals surface area contributed by atoms with E-state index in [9.17, 15) is 9.90 Å². The van der Waals surface area contributed by atoms with Crippen molar-refractivity contribution in [2.24, 2.45) is 16.2 Å². The van der Waals surface area contributed by atoms with Gasteiger partial charge < -0.3 is 20.1 Å². The number of anilines is 1. The number of nitriles is 1. The number of hydrogen-bond donors (Lipinski definition) is 2. The zero-order valence-electron chi connectivity index (χ0n) is 22.1. The van der Waals surface area contributed by atoms with Crippen molar-refractivity contribution in [2.75, 3.05) is 18.0 Å². The third kappa shape index (κ3) is 4.57. The van der Waals surface area contributed by atoms with E-state index in [1.165, 1.54) is 0 Å². The second-order valence-corrected chi connectivity index (χ2v) is 12.8. The minimum absolute atomic E-state index is 0.0806. The highest BCUT2D eigenvalue weighted by Crippen LogP contribution is 2.55. The van der Waals surface area contributed by atoms with Crippen LogP contribution in [0.15, 0.2) is 42.5 Å². The van der Waals surface area contributed by atoms with Crippen LogP contribution >= 0.6 is 11.6 Å². The normalized spacial score (nSPS) is 25.5. The third-order valence-corrected chi connectivity index (χ3v) is 9.31. The van der Waals surface area contributed by atoms with E-state index in [2.05, 4.69) is 44.0 Å². The molecule has 1 amide bonds. The van der Waals surface area contributed by atoms with E-state index in [1.807, 2.05) is 24.3 Å². The van der Waals surface area contributed by atoms with Crippen molar-refractivity contribution in [1.29, 1.82) is 5.26 Å². The van der Waals surface area contributed by atoms with Gasteiger partial charge in [-0.2, -0.15) is 5.26 Å². The van der Waals surface area contributed by atoms with Crippen molar-refractivity contribution >= 4 is 23.2 Å². The molecule has 2 N–H and O–H groups in total. The maximum absolute atomic E-state index is 13.2. The molecule has 2 aromatic carbocycles. The number of benzene rings is 2. The van der Waals surface area contributed by atoms with Crippen molar-refractivity contribution in [2.45, 2.75) is 71.6 Å². The Labute approximate surface area is 224 Å². The van der Waals surface area contributed by atoms with Crippen molar-refractivity contribution in [3.63, 3.8) is 0 Å². The minimum atomic E-state index is -0.307. The van der Waals surface area contributed by atoms with Crippen LogP contribution in [0.2, 0.25) is 5.02 Å². The van der Waals surface area contributed by atoms with Gasteiger partial charge in [-0.05, 0) is 62.1 Å². The summed E-state index contributed by atoms with van der Waals surface area (Å²) in [5.74, 6) is 0.534. The number of nitrogens with one attached hydrogen (secondary N) is 1. The molecule has 1 aliphatic heterocycles. The molecule has 5 rings (SSSR count). The van der Waals surface area contributed by atoms with E-state index in [0.29, 0.717) is 27.3 Å². The first kappa shape index (κ1) is 25.9. The zero-order valence-corrected chi connectivity index (χ0v) is 22.8. The molecule has 3 aliphatic rings. The number of rotatable bonds is 5. The van der Waals surface area contributed by atoms with Gasteiger partial charge in [0.05, 0.1) is 16.7 Å². The fourth-order valence-corrected chi connectivity index (χ4v) is 7.32. The molecule has 0 radical (unpaired) electrons. The maximum atomic E-state index is 13.2. The molecule has 7 heteroatoms. The molecule has 196 valence electrons. The Morgan fingerprint density at radius 3 is 2.27 bits per heavy atom. The van der Waals surface area contributed by atoms with Crippen LogP contribution in [0.4, 0.5) is 5.69 Å². The van der Waals surface area contributed by atoms with Gasteiger partial charge in [-0.25, -0.2) is 0 Å². The second kappa shape index (κ2) is 9.22. The summed E-state index contributed by atoms with van der Waals surface area (Å²) in [5, 5.41) is 22.6. The lowest BCUT2D eigenvalue weighted by Gasteiger charge is -2.63. The van der Waals surface area contributed by atoms with E-state index in [1.54, 1.807) is 18.2 Å². The van der Waals surface area contributed by atoms with Gasteiger partial charge in [0.1, 0.15) is 17.9 Å². The van der Waals surface area contributed by atoms with Gasteiger partial charge in [0.15, 0.2) is 0 Å². The van der Waals surface area contributed by atoms with Crippen LogP contribution in [0.3, 0.4) is 0 Å². The largest absolute Gasteiger partial charge is 0.489 e. The topological polar surface area (TPSA) is 85.6 Å². The Hall–Kier alpha value is -2.75. The number of hydrogen-bond acceptors (Lipinski definition) is 5. The average Bonchev–Trinajstić information content (AvgIpc) is 2.85. The van der Waals surface area contributed by atoms with Gasteiger partial charge in [-0.1, -0.05) is 39.3 Å². The molecule has 37 heavy (non-hydrogen) atoms. The molecule has 0 aromatic heterocycles. The van der Waals surface area contributed by atoms with E-state index in [-0.39, 0.29) is 35.0 Å². The van der Waals surface area contributed by atoms with Crippen molar-refractivity contribution in [1.82, 2.24) is 5.32 Å². The Kier molecular flexibility index (Phi) is 6.45. The number of halogens is 1. The summed E-state index contributed by atoms with van der Waals surface area (Å²) < 4.78 is 6.33. The molecule has 6 nitrogen and oxygen atoms in total. The summed E-state index contributed by atoms with van der Waals surface area (Å²) in [4.78, 5) is 15.6. The fourth-order valence-electron chi connectivity index (χ4n) is 7.11. The molecule has 1 saturated heterocycles. The van der Waals surface area contributed by atoms with Gasteiger partial charge in [0.25, 0.3) is 5.91 Å². The number of carbonyl (C=O) groups is 1. The fraction of sp³-hybridized carbons (Fsp3) is 0.533. The highest BCUT2D eigenvalue weighted by atomic mass is 35.5. The van der Waals surface area contributed by atoms with Crippen LogP contribution in [0.1, 0.15) is 69.3 Å². The third-order valence-electron chi connectivity index (χ3n) is 8.99. The van der Waals surface area contributed by atoms with Gasteiger partial charge in [-0.3, -0.25) is 4.79 Å². The number of aliphatic hydroxyl groups excluding tert-OH is 1. The molecule has 0 bridgehead atoms. The van der Waals surface area contributed by atoms with Gasteiger partial charge in [0.2, 0.25) is 0 Å². The zero-order chi connectivity index (χ0) is 26.6. The summed E-state index contributed by atoms with van der Waals surface area (Å²) in [6, 6.07) is 15.0. The summed E-state index contributed by atoms with van der Waals surface area (Å²) in [7, 11) is 0. The Bertz CT molecular complexity index is 1200. The average molecular weight is 522 g/mol. The molecule has 1 spiro atoms. The number of aliphatic hydroxyl groups is 1. The molecule has 1 heterocycles. The van der Waals surface area contributed by atoms with Crippen LogP contribution in [0, 0.1) is 27.6 Å². The molecule has 2 aliphatic carbocycles. The van der Waals surface area contributed by atoms with Gasteiger partial charge >= 0.3 is 0 Å². The van der Waals surface area contributed by atoms with Crippen LogP contribution in [-0.2, 0) is 0 Å². The van der Waals surface area contributed by atoms with Crippen LogP contribution < -0.4 is 15.0 Å². The van der Waals surface area contributed by atoms with E-state index >= 15 is 0 Å². The summed E-state index contributed by atoms with van der Waals surface area (Å²) >= 11 is 6.20. The van der Waals surface area contributed by atoms with Crippen LogP contribution in [0.5, 0.6) is 5.75 Å². The first-order chi connectivity index (χ1) is 17.4. The second-order valence-electron chi connectivity index (χ2n) is 12.4. The predicted octanol–water partition coefficient (Wildman–Crippen LogP) is 5.56. The maximum Gasteiger partial charge on any atom is 0.251 e. The smallest absolute Gasteiger partial charge is 0.251 e. The molecule has 2 saturated carbocycles. The number of carbonyl (C=O) groups excluding carboxylic acids is 1. The molecule has 0 atom stereocenters. The molecule has 3 fully saturated rings. The predicted molar refractivity (Wildman–Crippen MR) is 145 cm³/mol. The highest BCUT2D eigenvalue weighted by molar-refractivity contribution is 6.31. The lowest BCUT2D eigenvalue weighted by Crippen LogP contribution is -2.74. The van der Waals surface area contributed by atoms with Gasteiger partial charge in [-0.15, -0.1) is 0 Å². The van der Waals surface area contributed by atoms with Crippen LogP contribution in [-0.4, -0.2) is 42.4 Å². The van der Waals surface area contributed by atoms with Crippen molar-refractivity contribution in [3.05, 3.63) is 58.6 Å². The highest BCUT2D eigenvalue weighted by Gasteiger charge is 2.64. The lowest BCUT2D eigenvalue weighted by molar-refractivity contribution is -0.164. The number of ether oxygens (including phenoxy) is 1. The Morgan fingerprint density at radius 1 is 1.08 bits per heavy atom. The van der Waals surface area contributed by atoms with Crippen molar-refractivity contribution < 1.29 is 14.6 Å². The molecule has 0 unspecified atom stereocenters. The van der Waals surface area contributed by atoms with Crippen molar-refractivity contribution in [3.8, 4) is 11.8 Å². The summed E-state index contributed by atoms with van der Waals surface area (Å²) in [6.45, 7) is 10.5. The monoisotopic (exact) mass is 521 g/mol. The Morgan fingerprint density at radius 2 is 1.70 bits per heavy atom. The van der Waals surface area contributed by atoms with E-state index in [0.717, 1.165) is 44.5 Å². The molecular formula is C30H36ClN3O3. The van der Waals surface area contributed by atoms with Crippen LogP contribution in [0.25, 0.3) is 0 Å². The first-order valence-electron chi connectivity index (χ1n) is 13.2. The van der Waals surface area contributed by atoms with E-state index in [4.69, 9.17) is 21.6 Å².